The van der Waals surface area contributed by atoms with Crippen molar-refractivity contribution in [2.75, 3.05) is 33.1 Å². The number of rotatable bonds is 7. The third-order valence-electron chi connectivity index (χ3n) is 3.80. The van der Waals surface area contributed by atoms with Crippen molar-refractivity contribution in [3.05, 3.63) is 52.5 Å². The van der Waals surface area contributed by atoms with Crippen LogP contribution in [0.1, 0.15) is 11.1 Å². The first-order valence-corrected chi connectivity index (χ1v) is 8.26. The number of benzene rings is 2. The number of hydrogen-bond donors (Lipinski definition) is 1. The number of ether oxygens (including phenoxy) is 2. The summed E-state index contributed by atoms with van der Waals surface area (Å²) < 4.78 is 10.7. The van der Waals surface area contributed by atoms with Crippen LogP contribution < -0.4 is 14.8 Å². The number of carbonyl (C=O) groups excluding carboxylic acids is 1. The molecule has 0 spiro atoms. The molecule has 0 aliphatic rings. The maximum atomic E-state index is 12.3. The molecule has 0 fully saturated rings. The lowest BCUT2D eigenvalue weighted by Crippen LogP contribution is -2.30. The van der Waals surface area contributed by atoms with Gasteiger partial charge in [-0.25, -0.2) is 0 Å². The molecule has 0 radical (unpaired) electrons. The molecule has 0 atom stereocenters. The Kier molecular flexibility index (Phi) is 6.67. The fraction of sp³-hybridized carbons (Fsp3) is 0.316. The standard InChI is InChI=1S/C19H23ClN2O3/c1-13-10-15(20)8-9-16(13)21-18(23)12-22(2)11-14-6-5-7-17(24-3)19(14)25-4/h5-10H,11-12H2,1-4H3,(H,21,23). The number of carbonyl (C=O) groups is 1. The summed E-state index contributed by atoms with van der Waals surface area (Å²) in [4.78, 5) is 14.2. The Morgan fingerprint density at radius 1 is 1.20 bits per heavy atom. The minimum absolute atomic E-state index is 0.0882. The second kappa shape index (κ2) is 8.74. The Morgan fingerprint density at radius 2 is 1.96 bits per heavy atom. The predicted molar refractivity (Wildman–Crippen MR) is 101 cm³/mol. The molecule has 0 unspecified atom stereocenters. The maximum absolute atomic E-state index is 12.3. The second-order valence-electron chi connectivity index (χ2n) is 5.83. The molecule has 6 heteroatoms. The van der Waals surface area contributed by atoms with Crippen LogP contribution in [0, 0.1) is 6.92 Å². The highest BCUT2D eigenvalue weighted by molar-refractivity contribution is 6.30. The molecule has 0 aliphatic heterocycles. The van der Waals surface area contributed by atoms with Crippen molar-refractivity contribution < 1.29 is 14.3 Å². The number of likely N-dealkylation sites (N-methyl/N-ethyl adjacent to an activating group) is 1. The summed E-state index contributed by atoms with van der Waals surface area (Å²) in [6.45, 7) is 2.72. The number of methoxy groups -OCH3 is 2. The van der Waals surface area contributed by atoms with Gasteiger partial charge in [-0.15, -0.1) is 0 Å². The highest BCUT2D eigenvalue weighted by Gasteiger charge is 2.14. The van der Waals surface area contributed by atoms with Crippen LogP contribution in [-0.2, 0) is 11.3 Å². The zero-order chi connectivity index (χ0) is 18.4. The Bertz CT molecular complexity index is 749. The number of nitrogens with zero attached hydrogens (tertiary/aromatic N) is 1. The zero-order valence-corrected chi connectivity index (χ0v) is 15.7. The Labute approximate surface area is 153 Å². The van der Waals surface area contributed by atoms with Crippen molar-refractivity contribution in [2.24, 2.45) is 0 Å². The summed E-state index contributed by atoms with van der Waals surface area (Å²) in [5.41, 5.74) is 2.65. The highest BCUT2D eigenvalue weighted by Crippen LogP contribution is 2.31. The molecule has 0 bridgehead atoms. The monoisotopic (exact) mass is 362 g/mol. The Balaban J connectivity index is 2.00. The van der Waals surface area contributed by atoms with Crippen LogP contribution >= 0.6 is 11.6 Å². The highest BCUT2D eigenvalue weighted by atomic mass is 35.5. The average molecular weight is 363 g/mol. The fourth-order valence-electron chi connectivity index (χ4n) is 2.63. The molecule has 1 N–H and O–H groups in total. The summed E-state index contributed by atoms with van der Waals surface area (Å²) >= 11 is 5.94. The number of anilines is 1. The van der Waals surface area contributed by atoms with Gasteiger partial charge < -0.3 is 14.8 Å². The molecule has 2 aromatic rings. The first-order chi connectivity index (χ1) is 11.9. The van der Waals surface area contributed by atoms with Gasteiger partial charge in [0.2, 0.25) is 5.91 Å². The summed E-state index contributed by atoms with van der Waals surface area (Å²) in [7, 11) is 5.10. The Morgan fingerprint density at radius 3 is 2.60 bits per heavy atom. The Hall–Kier alpha value is -2.24. The second-order valence-corrected chi connectivity index (χ2v) is 6.27. The van der Waals surface area contributed by atoms with E-state index in [0.29, 0.717) is 23.1 Å². The molecule has 134 valence electrons. The van der Waals surface area contributed by atoms with E-state index in [0.717, 1.165) is 16.8 Å². The van der Waals surface area contributed by atoms with Gasteiger partial charge in [-0.2, -0.15) is 0 Å². The minimum Gasteiger partial charge on any atom is -0.493 e. The molecule has 0 saturated heterocycles. The van der Waals surface area contributed by atoms with Crippen molar-refractivity contribution in [3.8, 4) is 11.5 Å². The molecule has 5 nitrogen and oxygen atoms in total. The van der Waals surface area contributed by atoms with E-state index in [1.54, 1.807) is 26.4 Å². The van der Waals surface area contributed by atoms with E-state index >= 15 is 0 Å². The average Bonchev–Trinajstić information content (AvgIpc) is 2.57. The third-order valence-corrected chi connectivity index (χ3v) is 4.04. The van der Waals surface area contributed by atoms with Gasteiger partial charge in [0, 0.05) is 22.8 Å². The topological polar surface area (TPSA) is 50.8 Å². The van der Waals surface area contributed by atoms with Gasteiger partial charge in [-0.1, -0.05) is 23.7 Å². The fourth-order valence-corrected chi connectivity index (χ4v) is 2.85. The first kappa shape index (κ1) is 19.1. The number of para-hydroxylation sites is 1. The van der Waals surface area contributed by atoms with Gasteiger partial charge in [0.25, 0.3) is 0 Å². The summed E-state index contributed by atoms with van der Waals surface area (Å²) in [6, 6.07) is 11.1. The lowest BCUT2D eigenvalue weighted by molar-refractivity contribution is -0.117. The van der Waals surface area contributed by atoms with E-state index in [-0.39, 0.29) is 12.5 Å². The van der Waals surface area contributed by atoms with Gasteiger partial charge >= 0.3 is 0 Å². The van der Waals surface area contributed by atoms with Crippen molar-refractivity contribution in [2.45, 2.75) is 13.5 Å². The van der Waals surface area contributed by atoms with Crippen molar-refractivity contribution in [1.82, 2.24) is 4.90 Å². The normalized spacial score (nSPS) is 10.6. The van der Waals surface area contributed by atoms with E-state index in [1.807, 2.05) is 43.1 Å². The van der Waals surface area contributed by atoms with Gasteiger partial charge in [0.05, 0.1) is 20.8 Å². The van der Waals surface area contributed by atoms with E-state index in [2.05, 4.69) is 5.32 Å². The van der Waals surface area contributed by atoms with Gasteiger partial charge in [0.15, 0.2) is 11.5 Å². The molecule has 0 heterocycles. The number of hydrogen-bond acceptors (Lipinski definition) is 4. The van der Waals surface area contributed by atoms with Crippen LogP contribution in [0.4, 0.5) is 5.69 Å². The van der Waals surface area contributed by atoms with Crippen LogP contribution in [0.5, 0.6) is 11.5 Å². The maximum Gasteiger partial charge on any atom is 0.238 e. The van der Waals surface area contributed by atoms with Crippen LogP contribution in [0.15, 0.2) is 36.4 Å². The molecule has 0 saturated carbocycles. The molecular weight excluding hydrogens is 340 g/mol. The number of nitrogens with one attached hydrogen (secondary N) is 1. The van der Waals surface area contributed by atoms with E-state index in [4.69, 9.17) is 21.1 Å². The molecular formula is C19H23ClN2O3. The van der Waals surface area contributed by atoms with Crippen LogP contribution in [-0.4, -0.2) is 38.6 Å². The lowest BCUT2D eigenvalue weighted by atomic mass is 10.1. The van der Waals surface area contributed by atoms with Crippen molar-refractivity contribution >= 4 is 23.2 Å². The quantitative estimate of drug-likeness (QED) is 0.815. The third kappa shape index (κ3) is 5.11. The van der Waals surface area contributed by atoms with E-state index < -0.39 is 0 Å². The summed E-state index contributed by atoms with van der Waals surface area (Å²) in [5.74, 6) is 1.27. The van der Waals surface area contributed by atoms with Gasteiger partial charge in [-0.3, -0.25) is 9.69 Å². The van der Waals surface area contributed by atoms with Crippen LogP contribution in [0.2, 0.25) is 5.02 Å². The summed E-state index contributed by atoms with van der Waals surface area (Å²) in [6.07, 6.45) is 0. The van der Waals surface area contributed by atoms with Crippen molar-refractivity contribution in [3.63, 3.8) is 0 Å². The van der Waals surface area contributed by atoms with E-state index in [1.165, 1.54) is 0 Å². The predicted octanol–water partition coefficient (Wildman–Crippen LogP) is 3.74. The molecule has 1 amide bonds. The smallest absolute Gasteiger partial charge is 0.238 e. The minimum atomic E-state index is -0.0882. The van der Waals surface area contributed by atoms with Gasteiger partial charge in [-0.05, 0) is 43.8 Å². The van der Waals surface area contributed by atoms with Crippen LogP contribution in [0.3, 0.4) is 0 Å². The van der Waals surface area contributed by atoms with Crippen molar-refractivity contribution in [1.29, 1.82) is 0 Å². The zero-order valence-electron chi connectivity index (χ0n) is 14.9. The number of halogens is 1. The first-order valence-electron chi connectivity index (χ1n) is 7.89. The molecule has 2 rings (SSSR count). The molecule has 0 aromatic heterocycles. The number of aryl methyl sites for hydroxylation is 1. The lowest BCUT2D eigenvalue weighted by Gasteiger charge is -2.19. The van der Waals surface area contributed by atoms with E-state index in [9.17, 15) is 4.79 Å². The molecule has 0 aliphatic carbocycles. The summed E-state index contributed by atoms with van der Waals surface area (Å²) in [5, 5.41) is 3.56. The number of amides is 1. The SMILES string of the molecule is COc1cccc(CN(C)CC(=O)Nc2ccc(Cl)cc2C)c1OC. The van der Waals surface area contributed by atoms with Crippen LogP contribution in [0.25, 0.3) is 0 Å². The van der Waals surface area contributed by atoms with Gasteiger partial charge in [0.1, 0.15) is 0 Å². The molecule has 25 heavy (non-hydrogen) atoms. The molecule has 2 aromatic carbocycles. The largest absolute Gasteiger partial charge is 0.493 e.